The summed E-state index contributed by atoms with van der Waals surface area (Å²) in [6.07, 6.45) is 2.79. The average molecular weight is 225 g/mol. The lowest BCUT2D eigenvalue weighted by Gasteiger charge is -2.36. The number of carbonyl (C=O) groups excluding carboxylic acids is 1. The van der Waals surface area contributed by atoms with Crippen LogP contribution in [-0.4, -0.2) is 29.7 Å². The molecule has 3 heteroatoms. The molecule has 0 aliphatic carbocycles. The molecule has 2 unspecified atom stereocenters. The number of amides is 1. The van der Waals surface area contributed by atoms with Gasteiger partial charge < -0.3 is 9.64 Å². The van der Waals surface area contributed by atoms with Crippen molar-refractivity contribution in [2.24, 2.45) is 11.8 Å². The van der Waals surface area contributed by atoms with E-state index >= 15 is 0 Å². The van der Waals surface area contributed by atoms with Crippen LogP contribution in [0.3, 0.4) is 0 Å². The molecule has 2 atom stereocenters. The van der Waals surface area contributed by atoms with Gasteiger partial charge in [0.2, 0.25) is 0 Å². The van der Waals surface area contributed by atoms with Crippen LogP contribution in [0, 0.1) is 11.8 Å². The molecule has 0 spiro atoms. The molecule has 1 aliphatic heterocycles. The minimum atomic E-state index is -0.407. The van der Waals surface area contributed by atoms with Gasteiger partial charge in [-0.15, -0.1) is 6.58 Å². The second kappa shape index (κ2) is 4.89. The molecule has 0 radical (unpaired) electrons. The van der Waals surface area contributed by atoms with Crippen molar-refractivity contribution in [3.63, 3.8) is 0 Å². The van der Waals surface area contributed by atoms with Crippen LogP contribution in [0.25, 0.3) is 0 Å². The van der Waals surface area contributed by atoms with E-state index in [0.717, 1.165) is 19.5 Å². The summed E-state index contributed by atoms with van der Waals surface area (Å²) in [5.41, 5.74) is -0.407. The van der Waals surface area contributed by atoms with Gasteiger partial charge in [-0.05, 0) is 39.0 Å². The Labute approximate surface area is 98.5 Å². The maximum Gasteiger partial charge on any atom is 0.410 e. The molecule has 1 rings (SSSR count). The highest BCUT2D eigenvalue weighted by molar-refractivity contribution is 5.68. The molecule has 16 heavy (non-hydrogen) atoms. The Bertz CT molecular complexity index is 268. The highest BCUT2D eigenvalue weighted by atomic mass is 16.6. The molecule has 0 bridgehead atoms. The quantitative estimate of drug-likeness (QED) is 0.642. The number of nitrogens with zero attached hydrogens (tertiary/aromatic N) is 1. The minimum Gasteiger partial charge on any atom is -0.444 e. The van der Waals surface area contributed by atoms with Crippen LogP contribution in [-0.2, 0) is 4.74 Å². The topological polar surface area (TPSA) is 29.5 Å². The number of ether oxygens (including phenoxy) is 1. The summed E-state index contributed by atoms with van der Waals surface area (Å²) in [5, 5.41) is 0. The number of hydrogen-bond donors (Lipinski definition) is 0. The van der Waals surface area contributed by atoms with E-state index in [4.69, 9.17) is 4.74 Å². The predicted molar refractivity (Wildman–Crippen MR) is 65.3 cm³/mol. The Morgan fingerprint density at radius 1 is 1.50 bits per heavy atom. The Morgan fingerprint density at radius 3 is 2.56 bits per heavy atom. The summed E-state index contributed by atoms with van der Waals surface area (Å²) in [6.45, 7) is 13.2. The summed E-state index contributed by atoms with van der Waals surface area (Å²) in [5.74, 6) is 0.998. The Balaban J connectivity index is 2.51. The zero-order valence-electron chi connectivity index (χ0n) is 10.8. The second-order valence-electron chi connectivity index (χ2n) is 5.59. The van der Waals surface area contributed by atoms with Gasteiger partial charge in [0.05, 0.1) is 0 Å². The summed E-state index contributed by atoms with van der Waals surface area (Å²) >= 11 is 0. The minimum absolute atomic E-state index is 0.193. The van der Waals surface area contributed by atoms with Crippen LogP contribution >= 0.6 is 0 Å². The fraction of sp³-hybridized carbons (Fsp3) is 0.769. The lowest BCUT2D eigenvalue weighted by molar-refractivity contribution is 0.0142. The molecule has 1 aliphatic rings. The maximum atomic E-state index is 11.8. The standard InChI is InChI=1S/C13H23NO2/c1-6-11-7-8-14(9-10(11)2)12(15)16-13(3,4)5/h6,10-11H,1,7-9H2,2-5H3. The molecular weight excluding hydrogens is 202 g/mol. The summed E-state index contributed by atoms with van der Waals surface area (Å²) < 4.78 is 5.36. The third-order valence-corrected chi connectivity index (χ3v) is 2.93. The molecule has 0 aromatic heterocycles. The molecule has 0 aromatic rings. The fourth-order valence-electron chi connectivity index (χ4n) is 2.01. The first-order valence-corrected chi connectivity index (χ1v) is 5.94. The van der Waals surface area contributed by atoms with E-state index in [1.165, 1.54) is 0 Å². The number of rotatable bonds is 1. The first-order chi connectivity index (χ1) is 7.33. The highest BCUT2D eigenvalue weighted by Crippen LogP contribution is 2.25. The van der Waals surface area contributed by atoms with Gasteiger partial charge >= 0.3 is 6.09 Å². The number of hydrogen-bond acceptors (Lipinski definition) is 2. The van der Waals surface area contributed by atoms with Gasteiger partial charge in [-0.3, -0.25) is 0 Å². The number of likely N-dealkylation sites (tertiary alicyclic amines) is 1. The van der Waals surface area contributed by atoms with E-state index in [1.54, 1.807) is 4.90 Å². The van der Waals surface area contributed by atoms with Crippen LogP contribution < -0.4 is 0 Å². The van der Waals surface area contributed by atoms with Gasteiger partial charge in [-0.1, -0.05) is 13.0 Å². The van der Waals surface area contributed by atoms with Crippen LogP contribution in [0.15, 0.2) is 12.7 Å². The van der Waals surface area contributed by atoms with Crippen molar-refractivity contribution in [3.05, 3.63) is 12.7 Å². The van der Waals surface area contributed by atoms with Crippen molar-refractivity contribution < 1.29 is 9.53 Å². The van der Waals surface area contributed by atoms with Crippen LogP contribution in [0.2, 0.25) is 0 Å². The van der Waals surface area contributed by atoms with Crippen molar-refractivity contribution in [3.8, 4) is 0 Å². The molecule has 92 valence electrons. The van der Waals surface area contributed by atoms with Gasteiger partial charge in [-0.2, -0.15) is 0 Å². The zero-order chi connectivity index (χ0) is 12.3. The average Bonchev–Trinajstić information content (AvgIpc) is 2.15. The second-order valence-corrected chi connectivity index (χ2v) is 5.59. The van der Waals surface area contributed by atoms with Gasteiger partial charge in [0.25, 0.3) is 0 Å². The molecule has 1 amide bonds. The van der Waals surface area contributed by atoms with Crippen molar-refractivity contribution in [1.82, 2.24) is 4.90 Å². The van der Waals surface area contributed by atoms with E-state index in [-0.39, 0.29) is 6.09 Å². The first-order valence-electron chi connectivity index (χ1n) is 5.94. The molecular formula is C13H23NO2. The maximum absolute atomic E-state index is 11.8. The summed E-state index contributed by atoms with van der Waals surface area (Å²) in [6, 6.07) is 0. The lowest BCUT2D eigenvalue weighted by atomic mass is 9.87. The monoisotopic (exact) mass is 225 g/mol. The zero-order valence-corrected chi connectivity index (χ0v) is 10.8. The Hall–Kier alpha value is -0.990. The fourth-order valence-corrected chi connectivity index (χ4v) is 2.01. The number of carbonyl (C=O) groups is 1. The predicted octanol–water partition coefficient (Wildman–Crippen LogP) is 3.07. The van der Waals surface area contributed by atoms with E-state index < -0.39 is 5.60 Å². The third kappa shape index (κ3) is 3.54. The molecule has 1 heterocycles. The highest BCUT2D eigenvalue weighted by Gasteiger charge is 2.29. The van der Waals surface area contributed by atoms with Crippen LogP contribution in [0.4, 0.5) is 4.79 Å². The molecule has 0 saturated carbocycles. The van der Waals surface area contributed by atoms with Crippen molar-refractivity contribution >= 4 is 6.09 Å². The van der Waals surface area contributed by atoms with Crippen LogP contribution in [0.1, 0.15) is 34.1 Å². The Morgan fingerprint density at radius 2 is 2.12 bits per heavy atom. The molecule has 1 fully saturated rings. The normalized spacial score (nSPS) is 26.4. The Kier molecular flexibility index (Phi) is 4.00. The summed E-state index contributed by atoms with van der Waals surface area (Å²) in [4.78, 5) is 13.6. The van der Waals surface area contributed by atoms with E-state index in [9.17, 15) is 4.79 Å². The summed E-state index contributed by atoms with van der Waals surface area (Å²) in [7, 11) is 0. The number of allylic oxidation sites excluding steroid dienone is 1. The van der Waals surface area contributed by atoms with E-state index in [2.05, 4.69) is 13.5 Å². The van der Waals surface area contributed by atoms with E-state index in [0.29, 0.717) is 11.8 Å². The lowest BCUT2D eigenvalue weighted by Crippen LogP contribution is -2.44. The first kappa shape index (κ1) is 13.1. The SMILES string of the molecule is C=CC1CCN(C(=O)OC(C)(C)C)CC1C. The van der Waals surface area contributed by atoms with Crippen molar-refractivity contribution in [2.75, 3.05) is 13.1 Å². The van der Waals surface area contributed by atoms with Gasteiger partial charge in [-0.25, -0.2) is 4.79 Å². The van der Waals surface area contributed by atoms with Gasteiger partial charge in [0.1, 0.15) is 5.60 Å². The van der Waals surface area contributed by atoms with Gasteiger partial charge in [0, 0.05) is 13.1 Å². The number of piperidine rings is 1. The smallest absolute Gasteiger partial charge is 0.410 e. The van der Waals surface area contributed by atoms with E-state index in [1.807, 2.05) is 26.8 Å². The molecule has 0 N–H and O–H groups in total. The molecule has 3 nitrogen and oxygen atoms in total. The van der Waals surface area contributed by atoms with Crippen molar-refractivity contribution in [2.45, 2.75) is 39.7 Å². The molecule has 1 saturated heterocycles. The van der Waals surface area contributed by atoms with Crippen LogP contribution in [0.5, 0.6) is 0 Å². The largest absolute Gasteiger partial charge is 0.444 e. The van der Waals surface area contributed by atoms with Crippen molar-refractivity contribution in [1.29, 1.82) is 0 Å². The third-order valence-electron chi connectivity index (χ3n) is 2.93. The van der Waals surface area contributed by atoms with Gasteiger partial charge in [0.15, 0.2) is 0 Å². The molecule has 0 aromatic carbocycles.